The maximum absolute atomic E-state index is 13.1. The Morgan fingerprint density at radius 1 is 1.33 bits per heavy atom. The van der Waals surface area contributed by atoms with Crippen molar-refractivity contribution in [3.63, 3.8) is 0 Å². The summed E-state index contributed by atoms with van der Waals surface area (Å²) in [5, 5.41) is 14.6. The van der Waals surface area contributed by atoms with Gasteiger partial charge in [0.05, 0.1) is 24.3 Å². The average molecular weight is 390 g/mol. The number of halogens is 3. The predicted molar refractivity (Wildman–Crippen MR) is 89.3 cm³/mol. The molecule has 10 heteroatoms. The van der Waals surface area contributed by atoms with Crippen LogP contribution in [0.4, 0.5) is 18.9 Å². The molecule has 7 nitrogen and oxygen atoms in total. The summed E-state index contributed by atoms with van der Waals surface area (Å²) in [6.07, 6.45) is -5.24. The van der Waals surface area contributed by atoms with Crippen LogP contribution in [0, 0.1) is 0 Å². The minimum absolute atomic E-state index is 0.0593. The van der Waals surface area contributed by atoms with E-state index in [0.29, 0.717) is 19.1 Å². The molecular formula is C17H21F3N2O5. The van der Waals surface area contributed by atoms with Gasteiger partial charge in [-0.2, -0.15) is 13.2 Å². The third-order valence-corrected chi connectivity index (χ3v) is 3.88. The van der Waals surface area contributed by atoms with E-state index in [1.54, 1.807) is 6.92 Å². The molecule has 27 heavy (non-hydrogen) atoms. The van der Waals surface area contributed by atoms with Gasteiger partial charge in [-0.3, -0.25) is 9.59 Å². The molecule has 1 aliphatic rings. The number of rotatable bonds is 6. The highest BCUT2D eigenvalue weighted by Crippen LogP contribution is 2.32. The molecule has 1 saturated heterocycles. The summed E-state index contributed by atoms with van der Waals surface area (Å²) in [6.45, 7) is 2.02. The Kier molecular flexibility index (Phi) is 7.17. The van der Waals surface area contributed by atoms with Crippen molar-refractivity contribution in [3.8, 4) is 0 Å². The third-order valence-electron chi connectivity index (χ3n) is 3.88. The number of carbonyl (C=O) groups excluding carboxylic acids is 2. The number of nitrogens with one attached hydrogen (secondary N) is 2. The third kappa shape index (κ3) is 6.19. The molecule has 150 valence electrons. The van der Waals surface area contributed by atoms with Crippen LogP contribution in [0.15, 0.2) is 18.2 Å². The highest BCUT2D eigenvalue weighted by molar-refractivity contribution is 5.98. The SMILES string of the molecule is CCOCC(=O)Nc1cc(C(=O)N[C@@H]2COCC[C@H]2O)cc(C(F)(F)F)c1. The Labute approximate surface area is 153 Å². The van der Waals surface area contributed by atoms with Gasteiger partial charge in [0.2, 0.25) is 5.91 Å². The number of alkyl halides is 3. The van der Waals surface area contributed by atoms with Gasteiger partial charge in [-0.25, -0.2) is 0 Å². The van der Waals surface area contributed by atoms with Crippen molar-refractivity contribution in [2.75, 3.05) is 31.7 Å². The van der Waals surface area contributed by atoms with Crippen LogP contribution in [-0.4, -0.2) is 55.5 Å². The molecule has 1 heterocycles. The van der Waals surface area contributed by atoms with E-state index < -0.39 is 35.7 Å². The summed E-state index contributed by atoms with van der Waals surface area (Å²) in [4.78, 5) is 24.1. The first-order chi connectivity index (χ1) is 12.7. The van der Waals surface area contributed by atoms with Crippen molar-refractivity contribution < 1.29 is 37.3 Å². The molecule has 2 rings (SSSR count). The van der Waals surface area contributed by atoms with Gasteiger partial charge >= 0.3 is 6.18 Å². The summed E-state index contributed by atoms with van der Waals surface area (Å²) in [5.41, 5.74) is -1.56. The molecule has 1 fully saturated rings. The molecule has 0 radical (unpaired) electrons. The molecule has 0 bridgehead atoms. The summed E-state index contributed by atoms with van der Waals surface area (Å²) >= 11 is 0. The molecule has 1 aromatic carbocycles. The zero-order valence-electron chi connectivity index (χ0n) is 14.6. The molecule has 3 N–H and O–H groups in total. The summed E-state index contributed by atoms with van der Waals surface area (Å²) < 4.78 is 49.5. The van der Waals surface area contributed by atoms with E-state index in [2.05, 4.69) is 10.6 Å². The normalized spacial score (nSPS) is 20.2. The smallest absolute Gasteiger partial charge is 0.391 e. The first kappa shape index (κ1) is 21.1. The van der Waals surface area contributed by atoms with Crippen molar-refractivity contribution in [1.82, 2.24) is 5.32 Å². The Morgan fingerprint density at radius 2 is 2.07 bits per heavy atom. The Bertz CT molecular complexity index is 681. The van der Waals surface area contributed by atoms with Crippen molar-refractivity contribution in [2.45, 2.75) is 31.7 Å². The second-order valence-corrected chi connectivity index (χ2v) is 5.99. The van der Waals surface area contributed by atoms with E-state index in [1.807, 2.05) is 0 Å². The molecule has 0 spiro atoms. The maximum atomic E-state index is 13.1. The van der Waals surface area contributed by atoms with Gasteiger partial charge in [0.15, 0.2) is 0 Å². The first-order valence-electron chi connectivity index (χ1n) is 8.37. The monoisotopic (exact) mass is 390 g/mol. The van der Waals surface area contributed by atoms with Crippen molar-refractivity contribution in [1.29, 1.82) is 0 Å². The molecule has 2 atom stereocenters. The average Bonchev–Trinajstić information content (AvgIpc) is 2.61. The zero-order valence-corrected chi connectivity index (χ0v) is 14.6. The highest BCUT2D eigenvalue weighted by atomic mass is 19.4. The molecule has 1 aromatic rings. The molecular weight excluding hydrogens is 369 g/mol. The van der Waals surface area contributed by atoms with Crippen LogP contribution in [-0.2, 0) is 20.4 Å². The number of anilines is 1. The van der Waals surface area contributed by atoms with E-state index in [4.69, 9.17) is 9.47 Å². The van der Waals surface area contributed by atoms with Crippen LogP contribution in [0.25, 0.3) is 0 Å². The lowest BCUT2D eigenvalue weighted by molar-refractivity contribution is -0.137. The van der Waals surface area contributed by atoms with Gasteiger partial charge in [-0.15, -0.1) is 0 Å². The van der Waals surface area contributed by atoms with Crippen LogP contribution in [0.1, 0.15) is 29.3 Å². The second kappa shape index (κ2) is 9.16. The fraction of sp³-hybridized carbons (Fsp3) is 0.529. The lowest BCUT2D eigenvalue weighted by atomic mass is 10.0. The maximum Gasteiger partial charge on any atom is 0.416 e. The Hall–Kier alpha value is -2.17. The van der Waals surface area contributed by atoms with Gasteiger partial charge < -0.3 is 25.2 Å². The molecule has 1 aliphatic heterocycles. The number of carbonyl (C=O) groups is 2. The minimum atomic E-state index is -4.71. The molecule has 0 aliphatic carbocycles. The van der Waals surface area contributed by atoms with Gasteiger partial charge in [-0.05, 0) is 31.5 Å². The highest BCUT2D eigenvalue weighted by Gasteiger charge is 2.33. The molecule has 2 amide bonds. The summed E-state index contributed by atoms with van der Waals surface area (Å²) in [7, 11) is 0. The number of ether oxygens (including phenoxy) is 2. The van der Waals surface area contributed by atoms with Crippen molar-refractivity contribution in [2.24, 2.45) is 0 Å². The number of benzene rings is 1. The number of hydrogen-bond donors (Lipinski definition) is 3. The van der Waals surface area contributed by atoms with E-state index in [0.717, 1.165) is 12.1 Å². The zero-order chi connectivity index (χ0) is 20.0. The molecule has 0 unspecified atom stereocenters. The Morgan fingerprint density at radius 3 is 2.70 bits per heavy atom. The van der Waals surface area contributed by atoms with E-state index >= 15 is 0 Å². The number of aliphatic hydroxyl groups excluding tert-OH is 1. The van der Waals surface area contributed by atoms with Crippen LogP contribution in [0.3, 0.4) is 0 Å². The lowest BCUT2D eigenvalue weighted by Crippen LogP contribution is -2.49. The first-order valence-corrected chi connectivity index (χ1v) is 8.37. The fourth-order valence-electron chi connectivity index (χ4n) is 2.50. The predicted octanol–water partition coefficient (Wildman–Crippen LogP) is 1.56. The standard InChI is InChI=1S/C17H21F3N2O5/c1-2-26-9-15(24)21-12-6-10(5-11(7-12)17(18,19)20)16(25)22-13-8-27-4-3-14(13)23/h5-7,13-14,23H,2-4,8-9H2,1H3,(H,21,24)(H,22,25)/t13-,14-/m1/s1. The minimum Gasteiger partial charge on any atom is -0.391 e. The number of amides is 2. The van der Waals surface area contributed by atoms with Gasteiger partial charge in [0, 0.05) is 24.5 Å². The largest absolute Gasteiger partial charge is 0.416 e. The second-order valence-electron chi connectivity index (χ2n) is 5.99. The van der Waals surface area contributed by atoms with Crippen LogP contribution >= 0.6 is 0 Å². The van der Waals surface area contributed by atoms with E-state index in [9.17, 15) is 27.9 Å². The summed E-state index contributed by atoms with van der Waals surface area (Å²) in [5.74, 6) is -1.45. The van der Waals surface area contributed by atoms with Gasteiger partial charge in [-0.1, -0.05) is 0 Å². The van der Waals surface area contributed by atoms with Crippen LogP contribution < -0.4 is 10.6 Å². The topological polar surface area (TPSA) is 96.9 Å². The van der Waals surface area contributed by atoms with Crippen LogP contribution in [0.5, 0.6) is 0 Å². The van der Waals surface area contributed by atoms with E-state index in [-0.39, 0.29) is 31.1 Å². The molecule has 0 aromatic heterocycles. The number of hydrogen-bond acceptors (Lipinski definition) is 5. The van der Waals surface area contributed by atoms with Gasteiger partial charge in [0.25, 0.3) is 5.91 Å². The quantitative estimate of drug-likeness (QED) is 0.685. The molecule has 0 saturated carbocycles. The number of aliphatic hydroxyl groups is 1. The lowest BCUT2D eigenvalue weighted by Gasteiger charge is -2.28. The van der Waals surface area contributed by atoms with E-state index in [1.165, 1.54) is 0 Å². The summed E-state index contributed by atoms with van der Waals surface area (Å²) in [6, 6.07) is 1.82. The fourth-order valence-corrected chi connectivity index (χ4v) is 2.50. The van der Waals surface area contributed by atoms with Gasteiger partial charge in [0.1, 0.15) is 6.61 Å². The van der Waals surface area contributed by atoms with Crippen molar-refractivity contribution >= 4 is 17.5 Å². The Balaban J connectivity index is 2.21. The van der Waals surface area contributed by atoms with Crippen LogP contribution in [0.2, 0.25) is 0 Å². The van der Waals surface area contributed by atoms with Crippen molar-refractivity contribution in [3.05, 3.63) is 29.3 Å².